The minimum absolute atomic E-state index is 0.00486. The largest absolute Gasteiger partial charge is 0.487 e. The number of H-pyrrole nitrogens is 1. The van der Waals surface area contributed by atoms with E-state index in [2.05, 4.69) is 4.98 Å². The molecule has 1 heterocycles. The number of hydrogen-bond donors (Lipinski definition) is 1. The fourth-order valence-corrected chi connectivity index (χ4v) is 3.88. The third-order valence-corrected chi connectivity index (χ3v) is 5.52. The molecule has 1 aromatic heterocycles. The van der Waals surface area contributed by atoms with Crippen LogP contribution in [0.2, 0.25) is 5.02 Å². The minimum atomic E-state index is -0.484. The Morgan fingerprint density at radius 1 is 1.00 bits per heavy atom. The van der Waals surface area contributed by atoms with Crippen LogP contribution in [0.4, 0.5) is 5.69 Å². The van der Waals surface area contributed by atoms with Gasteiger partial charge in [-0.3, -0.25) is 20.2 Å². The van der Waals surface area contributed by atoms with Crippen molar-refractivity contribution < 1.29 is 14.6 Å². The highest BCUT2D eigenvalue weighted by atomic mass is 35.5. The van der Waals surface area contributed by atoms with Crippen molar-refractivity contribution in [2.24, 2.45) is 0 Å². The molecule has 0 unspecified atom stereocenters. The van der Waals surface area contributed by atoms with Crippen LogP contribution in [0.1, 0.15) is 22.6 Å². The van der Waals surface area contributed by atoms with Crippen molar-refractivity contribution >= 4 is 28.2 Å². The number of nitro benzene ring substituents is 1. The molecular formula is C23H18ClN3O5. The number of rotatable bonds is 8. The van der Waals surface area contributed by atoms with Crippen LogP contribution in [0.5, 0.6) is 5.75 Å². The first-order chi connectivity index (χ1) is 15.4. The molecule has 4 aromatic rings. The Hall–Kier alpha value is -3.91. The van der Waals surface area contributed by atoms with Crippen molar-refractivity contribution in [2.45, 2.75) is 12.5 Å². The first-order valence-corrected chi connectivity index (χ1v) is 10.1. The summed E-state index contributed by atoms with van der Waals surface area (Å²) in [6, 6.07) is 18.8. The molecule has 0 aliphatic carbocycles. The van der Waals surface area contributed by atoms with Crippen LogP contribution < -0.4 is 4.74 Å². The van der Waals surface area contributed by atoms with E-state index in [-0.39, 0.29) is 23.8 Å². The van der Waals surface area contributed by atoms with Gasteiger partial charge in [-0.1, -0.05) is 35.9 Å². The molecule has 32 heavy (non-hydrogen) atoms. The van der Waals surface area contributed by atoms with Crippen molar-refractivity contribution in [3.05, 3.63) is 115 Å². The number of halogens is 1. The highest BCUT2D eigenvalue weighted by molar-refractivity contribution is 6.32. The fourth-order valence-electron chi connectivity index (χ4n) is 3.64. The van der Waals surface area contributed by atoms with E-state index >= 15 is 0 Å². The Kier molecular flexibility index (Phi) is 6.04. The Balaban J connectivity index is 1.57. The monoisotopic (exact) mass is 451 g/mol. The summed E-state index contributed by atoms with van der Waals surface area (Å²) < 4.78 is 5.76. The van der Waals surface area contributed by atoms with Crippen LogP contribution in [-0.4, -0.2) is 21.4 Å². The maximum absolute atomic E-state index is 11.4. The molecule has 8 nitrogen and oxygen atoms in total. The molecule has 0 aliphatic rings. The smallest absolute Gasteiger partial charge is 0.269 e. The van der Waals surface area contributed by atoms with Gasteiger partial charge in [0, 0.05) is 34.2 Å². The predicted octanol–water partition coefficient (Wildman–Crippen LogP) is 5.72. The van der Waals surface area contributed by atoms with Gasteiger partial charge < -0.3 is 9.72 Å². The first kappa shape index (κ1) is 21.3. The van der Waals surface area contributed by atoms with E-state index in [0.29, 0.717) is 16.3 Å². The minimum Gasteiger partial charge on any atom is -0.487 e. The molecule has 0 bridgehead atoms. The number of nitro groups is 2. The summed E-state index contributed by atoms with van der Waals surface area (Å²) in [7, 11) is 0. The number of hydrogen-bond acceptors (Lipinski definition) is 5. The number of aromatic amines is 1. The van der Waals surface area contributed by atoms with Gasteiger partial charge in [-0.15, -0.1) is 0 Å². The quantitative estimate of drug-likeness (QED) is 0.272. The van der Waals surface area contributed by atoms with Crippen LogP contribution in [0.15, 0.2) is 72.9 Å². The lowest BCUT2D eigenvalue weighted by Gasteiger charge is -2.15. The van der Waals surface area contributed by atoms with E-state index < -0.39 is 10.8 Å². The molecule has 3 aromatic carbocycles. The van der Waals surface area contributed by atoms with E-state index in [1.54, 1.807) is 36.5 Å². The summed E-state index contributed by atoms with van der Waals surface area (Å²) in [5, 5.41) is 23.4. The second-order valence-electron chi connectivity index (χ2n) is 7.26. The van der Waals surface area contributed by atoms with Gasteiger partial charge in [0.15, 0.2) is 0 Å². The SMILES string of the molecule is O=[N+]([O-])C[C@@H](c1ccc(OCc2ccc([N+](=O)[O-])cc2)c(Cl)c1)c1c[nH]c2ccccc12. The van der Waals surface area contributed by atoms with E-state index in [9.17, 15) is 20.2 Å². The van der Waals surface area contributed by atoms with Crippen LogP contribution in [0, 0.1) is 20.2 Å². The van der Waals surface area contributed by atoms with Gasteiger partial charge in [0.25, 0.3) is 5.69 Å². The molecule has 1 atom stereocenters. The normalized spacial score (nSPS) is 11.9. The molecular weight excluding hydrogens is 434 g/mol. The number of nitrogens with one attached hydrogen (secondary N) is 1. The second-order valence-corrected chi connectivity index (χ2v) is 7.67. The molecule has 4 rings (SSSR count). The average Bonchev–Trinajstić information content (AvgIpc) is 3.21. The van der Waals surface area contributed by atoms with Crippen molar-refractivity contribution in [3.63, 3.8) is 0 Å². The van der Waals surface area contributed by atoms with E-state index in [0.717, 1.165) is 22.0 Å². The second kappa shape index (κ2) is 9.07. The van der Waals surface area contributed by atoms with Gasteiger partial charge in [0.2, 0.25) is 6.54 Å². The third kappa shape index (κ3) is 4.55. The van der Waals surface area contributed by atoms with E-state index in [1.807, 2.05) is 24.3 Å². The third-order valence-electron chi connectivity index (χ3n) is 5.23. The number of nitrogens with zero attached hydrogens (tertiary/aromatic N) is 2. The number of non-ortho nitro benzene ring substituents is 1. The van der Waals surface area contributed by atoms with Gasteiger partial charge in [-0.2, -0.15) is 0 Å². The summed E-state index contributed by atoms with van der Waals surface area (Å²) in [4.78, 5) is 24.5. The molecule has 0 saturated heterocycles. The van der Waals surface area contributed by atoms with Crippen LogP contribution in [0.25, 0.3) is 10.9 Å². The predicted molar refractivity (Wildman–Crippen MR) is 121 cm³/mol. The molecule has 1 N–H and O–H groups in total. The zero-order chi connectivity index (χ0) is 22.7. The number of fused-ring (bicyclic) bond motifs is 1. The van der Waals surface area contributed by atoms with Gasteiger partial charge in [-0.25, -0.2) is 0 Å². The van der Waals surface area contributed by atoms with Crippen molar-refractivity contribution in [3.8, 4) is 5.75 Å². The zero-order valence-corrected chi connectivity index (χ0v) is 17.5. The first-order valence-electron chi connectivity index (χ1n) is 9.76. The Bertz CT molecular complexity index is 1290. The number of ether oxygens (including phenoxy) is 1. The Morgan fingerprint density at radius 2 is 1.75 bits per heavy atom. The summed E-state index contributed by atoms with van der Waals surface area (Å²) in [6.07, 6.45) is 1.80. The topological polar surface area (TPSA) is 111 Å². The summed E-state index contributed by atoms with van der Waals surface area (Å²) in [5.74, 6) is -0.0603. The number of benzene rings is 3. The molecule has 0 spiro atoms. The lowest BCUT2D eigenvalue weighted by molar-refractivity contribution is -0.481. The Morgan fingerprint density at radius 3 is 2.44 bits per heavy atom. The highest BCUT2D eigenvalue weighted by Gasteiger charge is 2.24. The van der Waals surface area contributed by atoms with E-state index in [4.69, 9.17) is 16.3 Å². The van der Waals surface area contributed by atoms with Gasteiger partial charge >= 0.3 is 0 Å². The molecule has 0 radical (unpaired) electrons. The average molecular weight is 452 g/mol. The van der Waals surface area contributed by atoms with Crippen molar-refractivity contribution in [1.29, 1.82) is 0 Å². The van der Waals surface area contributed by atoms with Crippen molar-refractivity contribution in [1.82, 2.24) is 4.98 Å². The molecule has 0 fully saturated rings. The zero-order valence-electron chi connectivity index (χ0n) is 16.7. The molecule has 9 heteroatoms. The van der Waals surface area contributed by atoms with Gasteiger partial charge in [-0.05, 0) is 47.0 Å². The summed E-state index contributed by atoms with van der Waals surface area (Å²) in [5.41, 5.74) is 3.20. The van der Waals surface area contributed by atoms with Crippen LogP contribution >= 0.6 is 11.6 Å². The highest BCUT2D eigenvalue weighted by Crippen LogP contribution is 2.35. The fraction of sp³-hybridized carbons (Fsp3) is 0.130. The molecule has 0 amide bonds. The molecule has 0 aliphatic heterocycles. The Labute approximate surface area is 187 Å². The lowest BCUT2D eigenvalue weighted by atomic mass is 9.91. The maximum atomic E-state index is 11.4. The van der Waals surface area contributed by atoms with Gasteiger partial charge in [0.1, 0.15) is 12.4 Å². The van der Waals surface area contributed by atoms with Gasteiger partial charge in [0.05, 0.1) is 15.9 Å². The number of para-hydroxylation sites is 1. The van der Waals surface area contributed by atoms with Crippen molar-refractivity contribution in [2.75, 3.05) is 6.54 Å². The standard InChI is InChI=1S/C23H18ClN3O5/c24-21-11-16(7-10-23(21)32-14-15-5-8-17(9-6-15)27(30)31)20(13-26(28)29)19-12-25-22-4-2-1-3-18(19)22/h1-12,20,25H,13-14H2/t20-/m0/s1. The lowest BCUT2D eigenvalue weighted by Crippen LogP contribution is -2.13. The molecule has 162 valence electrons. The molecule has 0 saturated carbocycles. The summed E-state index contributed by atoms with van der Waals surface area (Å²) >= 11 is 6.43. The number of aromatic nitrogens is 1. The maximum Gasteiger partial charge on any atom is 0.269 e. The van der Waals surface area contributed by atoms with E-state index in [1.165, 1.54) is 12.1 Å². The van der Waals surface area contributed by atoms with Crippen LogP contribution in [-0.2, 0) is 6.61 Å². The summed E-state index contributed by atoms with van der Waals surface area (Å²) in [6.45, 7) is -0.0982. The van der Waals surface area contributed by atoms with Crippen LogP contribution in [0.3, 0.4) is 0 Å².